The van der Waals surface area contributed by atoms with Crippen LogP contribution in [0.3, 0.4) is 0 Å². The van der Waals surface area contributed by atoms with E-state index >= 15 is 0 Å². The summed E-state index contributed by atoms with van der Waals surface area (Å²) < 4.78 is 26.3. The molecule has 0 heterocycles. The van der Waals surface area contributed by atoms with Gasteiger partial charge in [-0.2, -0.15) is 0 Å². The van der Waals surface area contributed by atoms with Gasteiger partial charge in [-0.1, -0.05) is 13.8 Å². The average Bonchev–Trinajstić information content (AvgIpc) is 2.01. The molecule has 0 spiro atoms. The second kappa shape index (κ2) is 3.56. The molecule has 0 fully saturated rings. The van der Waals surface area contributed by atoms with Gasteiger partial charge in [-0.05, 0) is 29.7 Å². The van der Waals surface area contributed by atoms with Crippen LogP contribution < -0.4 is 0 Å². The van der Waals surface area contributed by atoms with Gasteiger partial charge in [0, 0.05) is 12.5 Å². The zero-order chi connectivity index (χ0) is 10.9. The Hall–Kier alpha value is -1.12. The fourth-order valence-corrected chi connectivity index (χ4v) is 1.43. The number of alkyl halides is 2. The normalized spacial score (nSPS) is 12.1. The van der Waals surface area contributed by atoms with Crippen molar-refractivity contribution >= 4 is 0 Å². The predicted octanol–water partition coefficient (Wildman–Crippen LogP) is 3.63. The lowest BCUT2D eigenvalue weighted by molar-refractivity contribution is 0.0163. The quantitative estimate of drug-likeness (QED) is 0.772. The number of aromatic hydroxyl groups is 1. The van der Waals surface area contributed by atoms with Crippen molar-refractivity contribution < 1.29 is 13.9 Å². The molecule has 0 atom stereocenters. The molecule has 0 amide bonds. The first-order valence-corrected chi connectivity index (χ1v) is 4.53. The van der Waals surface area contributed by atoms with Crippen molar-refractivity contribution in [3.8, 4) is 5.75 Å². The molecule has 3 heteroatoms. The summed E-state index contributed by atoms with van der Waals surface area (Å²) in [4.78, 5) is 0. The number of hydrogen-bond acceptors (Lipinski definition) is 1. The van der Waals surface area contributed by atoms with Gasteiger partial charge in [0.2, 0.25) is 0 Å². The van der Waals surface area contributed by atoms with Gasteiger partial charge in [-0.3, -0.25) is 0 Å². The van der Waals surface area contributed by atoms with E-state index in [4.69, 9.17) is 0 Å². The summed E-state index contributed by atoms with van der Waals surface area (Å²) in [7, 11) is 0. The summed E-state index contributed by atoms with van der Waals surface area (Å²) >= 11 is 0. The zero-order valence-corrected chi connectivity index (χ0v) is 8.51. The topological polar surface area (TPSA) is 20.2 Å². The van der Waals surface area contributed by atoms with Gasteiger partial charge in [0.25, 0.3) is 5.92 Å². The van der Waals surface area contributed by atoms with E-state index in [1.807, 2.05) is 13.8 Å². The lowest BCUT2D eigenvalue weighted by atomic mass is 9.94. The minimum absolute atomic E-state index is 0.00898. The lowest BCUT2D eigenvalue weighted by Crippen LogP contribution is -2.11. The largest absolute Gasteiger partial charge is 0.508 e. The van der Waals surface area contributed by atoms with Crippen LogP contribution in [-0.2, 0) is 5.92 Å². The van der Waals surface area contributed by atoms with Gasteiger partial charge >= 0.3 is 0 Å². The predicted molar refractivity (Wildman–Crippen MR) is 51.8 cm³/mol. The summed E-state index contributed by atoms with van der Waals surface area (Å²) in [5, 5.41) is 9.21. The van der Waals surface area contributed by atoms with Gasteiger partial charge < -0.3 is 5.11 Å². The minimum atomic E-state index is -2.85. The Labute approximate surface area is 82.4 Å². The summed E-state index contributed by atoms with van der Waals surface area (Å²) in [5.74, 6) is -2.85. The van der Waals surface area contributed by atoms with E-state index in [0.717, 1.165) is 6.92 Å². The summed E-state index contributed by atoms with van der Waals surface area (Å²) in [6, 6.07) is 3.97. The highest BCUT2D eigenvalue weighted by Crippen LogP contribution is 2.35. The molecule has 1 aromatic carbocycles. The van der Waals surface area contributed by atoms with Gasteiger partial charge in [0.1, 0.15) is 5.75 Å². The smallest absolute Gasteiger partial charge is 0.270 e. The van der Waals surface area contributed by atoms with E-state index < -0.39 is 5.92 Å². The van der Waals surface area contributed by atoms with E-state index in [1.54, 1.807) is 0 Å². The van der Waals surface area contributed by atoms with Crippen molar-refractivity contribution in [1.29, 1.82) is 0 Å². The first-order chi connectivity index (χ1) is 6.32. The minimum Gasteiger partial charge on any atom is -0.508 e. The molecule has 0 unspecified atom stereocenters. The molecule has 1 nitrogen and oxygen atoms in total. The van der Waals surface area contributed by atoms with E-state index in [-0.39, 0.29) is 17.2 Å². The van der Waals surface area contributed by atoms with E-state index in [9.17, 15) is 13.9 Å². The van der Waals surface area contributed by atoms with Crippen molar-refractivity contribution in [3.05, 3.63) is 29.3 Å². The van der Waals surface area contributed by atoms with Crippen LogP contribution in [0.5, 0.6) is 5.75 Å². The third kappa shape index (κ3) is 2.22. The molecular weight excluding hydrogens is 186 g/mol. The number of hydrogen-bond donors (Lipinski definition) is 1. The van der Waals surface area contributed by atoms with E-state index in [1.165, 1.54) is 18.2 Å². The number of halogens is 2. The Balaban J connectivity index is 3.29. The molecule has 0 aromatic heterocycles. The van der Waals surface area contributed by atoms with Crippen molar-refractivity contribution in [1.82, 2.24) is 0 Å². The van der Waals surface area contributed by atoms with Crippen LogP contribution in [0.2, 0.25) is 0 Å². The van der Waals surface area contributed by atoms with Gasteiger partial charge in [-0.25, -0.2) is 8.78 Å². The molecule has 1 N–H and O–H groups in total. The van der Waals surface area contributed by atoms with Crippen molar-refractivity contribution in [2.75, 3.05) is 0 Å². The van der Waals surface area contributed by atoms with Crippen LogP contribution in [0.15, 0.2) is 18.2 Å². The highest BCUT2D eigenvalue weighted by molar-refractivity contribution is 5.38. The summed E-state index contributed by atoms with van der Waals surface area (Å²) in [6.07, 6.45) is 0. The van der Waals surface area contributed by atoms with E-state index in [2.05, 4.69) is 0 Å². The molecule has 0 aliphatic heterocycles. The number of rotatable bonds is 2. The maximum atomic E-state index is 13.1. The third-order valence-electron chi connectivity index (χ3n) is 2.13. The average molecular weight is 200 g/mol. The van der Waals surface area contributed by atoms with Crippen LogP contribution in [0, 0.1) is 0 Å². The van der Waals surface area contributed by atoms with Crippen LogP contribution >= 0.6 is 0 Å². The summed E-state index contributed by atoms with van der Waals surface area (Å²) in [6.45, 7) is 4.51. The highest BCUT2D eigenvalue weighted by atomic mass is 19.3. The summed E-state index contributed by atoms with van der Waals surface area (Å²) in [5.41, 5.74) is 0.489. The Bertz CT molecular complexity index is 327. The third-order valence-corrected chi connectivity index (χ3v) is 2.13. The molecule has 1 rings (SSSR count). The molecule has 1 aromatic rings. The van der Waals surface area contributed by atoms with E-state index in [0.29, 0.717) is 5.56 Å². The molecule has 0 aliphatic rings. The lowest BCUT2D eigenvalue weighted by Gasteiger charge is -2.18. The van der Waals surface area contributed by atoms with Crippen molar-refractivity contribution in [2.24, 2.45) is 0 Å². The van der Waals surface area contributed by atoms with Crippen LogP contribution in [0.25, 0.3) is 0 Å². The standard InChI is InChI=1S/C11H14F2O/c1-7(2)9-6-8(14)4-5-10(9)11(3,12)13/h4-7,14H,1-3H3. The Morgan fingerprint density at radius 3 is 2.29 bits per heavy atom. The molecule has 14 heavy (non-hydrogen) atoms. The van der Waals surface area contributed by atoms with Crippen molar-refractivity contribution in [2.45, 2.75) is 32.6 Å². The first-order valence-electron chi connectivity index (χ1n) is 4.53. The van der Waals surface area contributed by atoms with Crippen LogP contribution in [0.4, 0.5) is 8.78 Å². The number of benzene rings is 1. The first kappa shape index (κ1) is 11.0. The molecule has 0 saturated heterocycles. The van der Waals surface area contributed by atoms with Crippen molar-refractivity contribution in [3.63, 3.8) is 0 Å². The second-order valence-corrected chi connectivity index (χ2v) is 3.81. The van der Waals surface area contributed by atoms with Gasteiger partial charge in [0.15, 0.2) is 0 Å². The molecule has 78 valence electrons. The number of phenols is 1. The van der Waals surface area contributed by atoms with Gasteiger partial charge in [-0.15, -0.1) is 0 Å². The molecule has 0 radical (unpaired) electrons. The van der Waals surface area contributed by atoms with Crippen LogP contribution in [0.1, 0.15) is 37.8 Å². The maximum Gasteiger partial charge on any atom is 0.270 e. The highest BCUT2D eigenvalue weighted by Gasteiger charge is 2.28. The van der Waals surface area contributed by atoms with Crippen LogP contribution in [-0.4, -0.2) is 5.11 Å². The molecule has 0 aliphatic carbocycles. The molecule has 0 bridgehead atoms. The second-order valence-electron chi connectivity index (χ2n) is 3.81. The fourth-order valence-electron chi connectivity index (χ4n) is 1.43. The Kier molecular flexibility index (Phi) is 2.79. The fraction of sp³-hybridized carbons (Fsp3) is 0.455. The maximum absolute atomic E-state index is 13.1. The molecular formula is C11H14F2O. The SMILES string of the molecule is CC(C)c1cc(O)ccc1C(C)(F)F. The number of phenolic OH excluding ortho intramolecular Hbond substituents is 1. The van der Waals surface area contributed by atoms with Gasteiger partial charge in [0.05, 0.1) is 0 Å². The Morgan fingerprint density at radius 1 is 1.29 bits per heavy atom. The monoisotopic (exact) mass is 200 g/mol. The zero-order valence-electron chi connectivity index (χ0n) is 8.51. The Morgan fingerprint density at radius 2 is 1.86 bits per heavy atom. The molecule has 0 saturated carbocycles.